The molecule has 2 aromatic rings. The number of fused-ring (bicyclic) bond motifs is 1. The number of alkyl halides is 3. The molecule has 0 bridgehead atoms. The average molecular weight is 466 g/mol. The van der Waals surface area contributed by atoms with E-state index in [4.69, 9.17) is 11.6 Å². The lowest BCUT2D eigenvalue weighted by atomic mass is 9.99. The first kappa shape index (κ1) is 22.6. The molecule has 5 atom stereocenters. The summed E-state index contributed by atoms with van der Waals surface area (Å²) in [6.45, 7) is 2.03. The van der Waals surface area contributed by atoms with Crippen LogP contribution in [-0.4, -0.2) is 28.9 Å². The van der Waals surface area contributed by atoms with E-state index in [0.717, 1.165) is 37.6 Å². The number of hydrogen-bond donors (Lipinski definition) is 2. The fourth-order valence-corrected chi connectivity index (χ4v) is 5.05. The van der Waals surface area contributed by atoms with Gasteiger partial charge in [-0.05, 0) is 73.4 Å². The van der Waals surface area contributed by atoms with Crippen molar-refractivity contribution in [2.75, 3.05) is 0 Å². The Balaban J connectivity index is 1.31. The third kappa shape index (κ3) is 4.75. The fraction of sp³-hybridized carbons (Fsp3) is 0.435. The van der Waals surface area contributed by atoms with Gasteiger partial charge in [-0.1, -0.05) is 18.5 Å². The topological polar surface area (TPSA) is 71.1 Å². The van der Waals surface area contributed by atoms with Crippen molar-refractivity contribution in [3.05, 3.63) is 64.4 Å². The highest BCUT2D eigenvalue weighted by Gasteiger charge is 2.58. The van der Waals surface area contributed by atoms with Crippen molar-refractivity contribution < 1.29 is 22.8 Å². The lowest BCUT2D eigenvalue weighted by molar-refractivity contribution is -0.137. The smallest absolute Gasteiger partial charge is 0.349 e. The van der Waals surface area contributed by atoms with E-state index in [1.807, 2.05) is 6.92 Å². The second-order valence-corrected chi connectivity index (χ2v) is 8.91. The summed E-state index contributed by atoms with van der Waals surface area (Å²) < 4.78 is 38.6. The van der Waals surface area contributed by atoms with Crippen molar-refractivity contribution in [3.63, 3.8) is 0 Å². The SMILES string of the molecule is CCC(NC(=O)c1ccc(Cl)cc1)C1C2CC(NC(=O)c3cc(C(F)(F)F)ccn3)C[C@@H]21. The van der Waals surface area contributed by atoms with Gasteiger partial charge in [-0.15, -0.1) is 0 Å². The molecule has 2 aliphatic carbocycles. The third-order valence-corrected chi connectivity index (χ3v) is 6.75. The zero-order valence-corrected chi connectivity index (χ0v) is 18.1. The predicted molar refractivity (Wildman–Crippen MR) is 113 cm³/mol. The number of nitrogens with zero attached hydrogens (tertiary/aromatic N) is 1. The molecule has 2 saturated carbocycles. The second kappa shape index (κ2) is 8.73. The Morgan fingerprint density at radius 2 is 1.78 bits per heavy atom. The molecule has 0 saturated heterocycles. The minimum absolute atomic E-state index is 0.0370. The number of halogens is 4. The van der Waals surface area contributed by atoms with E-state index in [2.05, 4.69) is 15.6 Å². The number of rotatable bonds is 6. The van der Waals surface area contributed by atoms with Crippen LogP contribution in [0.3, 0.4) is 0 Å². The van der Waals surface area contributed by atoms with Crippen molar-refractivity contribution in [1.29, 1.82) is 0 Å². The van der Waals surface area contributed by atoms with Crippen molar-refractivity contribution in [3.8, 4) is 0 Å². The molecule has 4 rings (SSSR count). The molecule has 4 unspecified atom stereocenters. The molecule has 0 aliphatic heterocycles. The molecule has 2 amide bonds. The van der Waals surface area contributed by atoms with E-state index in [1.165, 1.54) is 0 Å². The number of pyridine rings is 1. The summed E-state index contributed by atoms with van der Waals surface area (Å²) in [5.74, 6) is 0.368. The standard InChI is InChI=1S/C23H23ClF3N3O2/c1-2-18(30-21(31)12-3-5-14(24)6-4-12)20-16-10-15(11-17(16)20)29-22(32)19-9-13(7-8-28-19)23(25,26)27/h3-9,15-18,20H,2,10-11H2,1H3,(H,29,32)(H,30,31)/t15?,16-,17?,18?,20?/m0/s1. The highest BCUT2D eigenvalue weighted by atomic mass is 35.5. The van der Waals surface area contributed by atoms with E-state index in [0.29, 0.717) is 28.3 Å². The lowest BCUT2D eigenvalue weighted by Crippen LogP contribution is -2.39. The van der Waals surface area contributed by atoms with Crippen LogP contribution in [0.5, 0.6) is 0 Å². The molecule has 1 aromatic carbocycles. The number of carbonyl (C=O) groups excluding carboxylic acids is 2. The lowest BCUT2D eigenvalue weighted by Gasteiger charge is -2.22. The molecule has 1 aromatic heterocycles. The second-order valence-electron chi connectivity index (χ2n) is 8.47. The molecular formula is C23H23ClF3N3O2. The van der Waals surface area contributed by atoms with Gasteiger partial charge in [0.25, 0.3) is 11.8 Å². The molecular weight excluding hydrogens is 443 g/mol. The van der Waals surface area contributed by atoms with Crippen LogP contribution in [0.2, 0.25) is 5.02 Å². The summed E-state index contributed by atoms with van der Waals surface area (Å²) in [6.07, 6.45) is -1.25. The number of hydrogen-bond acceptors (Lipinski definition) is 3. The van der Waals surface area contributed by atoms with Crippen LogP contribution in [0.25, 0.3) is 0 Å². The van der Waals surface area contributed by atoms with Gasteiger partial charge in [-0.3, -0.25) is 14.6 Å². The van der Waals surface area contributed by atoms with Gasteiger partial charge in [-0.25, -0.2) is 0 Å². The van der Waals surface area contributed by atoms with Crippen LogP contribution in [-0.2, 0) is 6.18 Å². The maximum absolute atomic E-state index is 12.9. The summed E-state index contributed by atoms with van der Waals surface area (Å²) in [4.78, 5) is 28.7. The molecule has 2 N–H and O–H groups in total. The van der Waals surface area contributed by atoms with Crippen molar-refractivity contribution in [1.82, 2.24) is 15.6 Å². The predicted octanol–water partition coefficient (Wildman–Crippen LogP) is 4.72. The number of amides is 2. The Bertz CT molecular complexity index is 1000. The van der Waals surface area contributed by atoms with Crippen LogP contribution in [0.4, 0.5) is 13.2 Å². The van der Waals surface area contributed by atoms with E-state index in [1.54, 1.807) is 24.3 Å². The highest BCUT2D eigenvalue weighted by Crippen LogP contribution is 2.59. The molecule has 170 valence electrons. The van der Waals surface area contributed by atoms with Gasteiger partial charge in [0.15, 0.2) is 0 Å². The van der Waals surface area contributed by atoms with Gasteiger partial charge in [0.05, 0.1) is 5.56 Å². The van der Waals surface area contributed by atoms with Crippen LogP contribution in [0.1, 0.15) is 52.6 Å². The number of benzene rings is 1. The first-order valence-electron chi connectivity index (χ1n) is 10.6. The Morgan fingerprint density at radius 1 is 1.12 bits per heavy atom. The van der Waals surface area contributed by atoms with Crippen LogP contribution < -0.4 is 10.6 Å². The van der Waals surface area contributed by atoms with Gasteiger partial charge in [0.2, 0.25) is 0 Å². The summed E-state index contributed by atoms with van der Waals surface area (Å²) in [5, 5.41) is 6.49. The normalized spacial score (nSPS) is 25.0. The molecule has 5 nitrogen and oxygen atoms in total. The molecule has 0 spiro atoms. The van der Waals surface area contributed by atoms with Crippen LogP contribution in [0, 0.1) is 17.8 Å². The molecule has 1 heterocycles. The monoisotopic (exact) mass is 465 g/mol. The van der Waals surface area contributed by atoms with Crippen molar-refractivity contribution in [2.45, 2.75) is 44.4 Å². The van der Waals surface area contributed by atoms with E-state index >= 15 is 0 Å². The summed E-state index contributed by atoms with van der Waals surface area (Å²) in [5.41, 5.74) is -0.579. The fourth-order valence-electron chi connectivity index (χ4n) is 4.92. The Morgan fingerprint density at radius 3 is 2.38 bits per heavy atom. The van der Waals surface area contributed by atoms with E-state index in [-0.39, 0.29) is 23.7 Å². The summed E-state index contributed by atoms with van der Waals surface area (Å²) >= 11 is 5.88. The number of aromatic nitrogens is 1. The van der Waals surface area contributed by atoms with Gasteiger partial charge in [0.1, 0.15) is 5.69 Å². The van der Waals surface area contributed by atoms with Gasteiger partial charge in [0, 0.05) is 28.9 Å². The van der Waals surface area contributed by atoms with Crippen LogP contribution >= 0.6 is 11.6 Å². The summed E-state index contributed by atoms with van der Waals surface area (Å²) in [6, 6.07) is 8.27. The molecule has 9 heteroatoms. The maximum atomic E-state index is 12.9. The average Bonchev–Trinajstić information content (AvgIpc) is 3.25. The van der Waals surface area contributed by atoms with Crippen molar-refractivity contribution in [2.24, 2.45) is 17.8 Å². The van der Waals surface area contributed by atoms with Gasteiger partial charge < -0.3 is 10.6 Å². The molecule has 2 aliphatic rings. The molecule has 32 heavy (non-hydrogen) atoms. The number of carbonyl (C=O) groups is 2. The number of nitrogens with one attached hydrogen (secondary N) is 2. The van der Waals surface area contributed by atoms with E-state index in [9.17, 15) is 22.8 Å². The minimum Gasteiger partial charge on any atom is -0.349 e. The zero-order chi connectivity index (χ0) is 23.0. The first-order chi connectivity index (χ1) is 15.2. The first-order valence-corrected chi connectivity index (χ1v) is 11.0. The van der Waals surface area contributed by atoms with E-state index < -0.39 is 17.6 Å². The maximum Gasteiger partial charge on any atom is 0.416 e. The highest BCUT2D eigenvalue weighted by molar-refractivity contribution is 6.30. The Kier molecular flexibility index (Phi) is 6.16. The van der Waals surface area contributed by atoms with Crippen molar-refractivity contribution >= 4 is 23.4 Å². The van der Waals surface area contributed by atoms with Crippen LogP contribution in [0.15, 0.2) is 42.6 Å². The Labute approximate surface area is 188 Å². The molecule has 2 fully saturated rings. The summed E-state index contributed by atoms with van der Waals surface area (Å²) in [7, 11) is 0. The largest absolute Gasteiger partial charge is 0.416 e. The zero-order valence-electron chi connectivity index (χ0n) is 17.3. The quantitative estimate of drug-likeness (QED) is 0.648. The third-order valence-electron chi connectivity index (χ3n) is 6.49. The molecule has 0 radical (unpaired) electrons. The Hall–Kier alpha value is -2.61. The minimum atomic E-state index is -4.52. The van der Waals surface area contributed by atoms with Gasteiger partial charge >= 0.3 is 6.18 Å². The van der Waals surface area contributed by atoms with Gasteiger partial charge in [-0.2, -0.15) is 13.2 Å².